The van der Waals surface area contributed by atoms with Crippen molar-refractivity contribution in [3.8, 4) is 0 Å². The van der Waals surface area contributed by atoms with Crippen LogP contribution in [-0.4, -0.2) is 47.1 Å². The van der Waals surface area contributed by atoms with Gasteiger partial charge in [0.1, 0.15) is 5.82 Å². The van der Waals surface area contributed by atoms with E-state index >= 15 is 0 Å². The summed E-state index contributed by atoms with van der Waals surface area (Å²) in [5.74, 6) is 0.726. The first kappa shape index (κ1) is 25.1. The molecule has 2 aliphatic rings. The molecular formula is C28H31FN4O4. The number of nitrogens with zero attached hydrogens (tertiary/aromatic N) is 3. The second-order valence-corrected chi connectivity index (χ2v) is 10.1. The first-order valence-corrected chi connectivity index (χ1v) is 12.9. The Balaban J connectivity index is 1.10. The molecular weight excluding hydrogens is 475 g/mol. The minimum atomic E-state index is -0.446. The first-order valence-electron chi connectivity index (χ1n) is 12.9. The Morgan fingerprint density at radius 3 is 2.76 bits per heavy atom. The molecule has 0 bridgehead atoms. The summed E-state index contributed by atoms with van der Waals surface area (Å²) in [5, 5.41) is 19.3. The summed E-state index contributed by atoms with van der Waals surface area (Å²) >= 11 is 0. The van der Waals surface area contributed by atoms with Gasteiger partial charge in [0.2, 0.25) is 5.91 Å². The predicted molar refractivity (Wildman–Crippen MR) is 138 cm³/mol. The molecule has 0 spiro atoms. The number of nitrogens with one attached hydrogen (secondary N) is 1. The average molecular weight is 507 g/mol. The molecule has 5 rings (SSSR count). The van der Waals surface area contributed by atoms with Crippen LogP contribution in [-0.2, 0) is 4.79 Å². The largest absolute Gasteiger partial charge is 0.356 e. The Morgan fingerprint density at radius 1 is 1.16 bits per heavy atom. The number of piperidine rings is 1. The van der Waals surface area contributed by atoms with E-state index in [1.54, 1.807) is 24.3 Å². The highest BCUT2D eigenvalue weighted by Gasteiger charge is 2.31. The Bertz CT molecular complexity index is 1300. The van der Waals surface area contributed by atoms with Gasteiger partial charge in [-0.25, -0.2) is 4.39 Å². The number of nitro groups is 1. The SMILES string of the molecule is O=C(C=Cc1ccccc1[N+](=O)[O-])NC[C@H]1CCC[C@@H]1CN1CCC(c2noc3cc(F)ccc23)CC1. The van der Waals surface area contributed by atoms with Gasteiger partial charge in [-0.15, -0.1) is 0 Å². The van der Waals surface area contributed by atoms with Crippen LogP contribution in [0.15, 0.2) is 53.1 Å². The summed E-state index contributed by atoms with van der Waals surface area (Å²) in [7, 11) is 0. The number of benzene rings is 2. The van der Waals surface area contributed by atoms with Crippen molar-refractivity contribution in [2.45, 2.75) is 38.0 Å². The van der Waals surface area contributed by atoms with E-state index in [-0.39, 0.29) is 17.4 Å². The molecule has 1 saturated heterocycles. The van der Waals surface area contributed by atoms with E-state index in [1.165, 1.54) is 30.4 Å². The summed E-state index contributed by atoms with van der Waals surface area (Å²) in [6, 6.07) is 11.0. The Morgan fingerprint density at radius 2 is 1.95 bits per heavy atom. The number of hydrogen-bond acceptors (Lipinski definition) is 6. The Kier molecular flexibility index (Phi) is 7.60. The molecule has 0 unspecified atom stereocenters. The van der Waals surface area contributed by atoms with Gasteiger partial charge in [0.25, 0.3) is 5.69 Å². The molecule has 194 valence electrons. The molecule has 1 amide bonds. The van der Waals surface area contributed by atoms with Crippen molar-refractivity contribution in [2.75, 3.05) is 26.2 Å². The fourth-order valence-electron chi connectivity index (χ4n) is 5.82. The van der Waals surface area contributed by atoms with Crippen LogP contribution >= 0.6 is 0 Å². The van der Waals surface area contributed by atoms with Gasteiger partial charge in [-0.3, -0.25) is 14.9 Å². The molecule has 9 heteroatoms. The maximum Gasteiger partial charge on any atom is 0.276 e. The van der Waals surface area contributed by atoms with Gasteiger partial charge in [-0.1, -0.05) is 23.7 Å². The van der Waals surface area contributed by atoms with Crippen molar-refractivity contribution in [3.63, 3.8) is 0 Å². The summed E-state index contributed by atoms with van der Waals surface area (Å²) < 4.78 is 18.8. The van der Waals surface area contributed by atoms with E-state index in [0.717, 1.165) is 62.8 Å². The third-order valence-electron chi connectivity index (χ3n) is 7.83. The second kappa shape index (κ2) is 11.2. The van der Waals surface area contributed by atoms with Crippen molar-refractivity contribution in [1.82, 2.24) is 15.4 Å². The zero-order chi connectivity index (χ0) is 25.8. The molecule has 3 aromatic rings. The third-order valence-corrected chi connectivity index (χ3v) is 7.83. The monoisotopic (exact) mass is 506 g/mol. The van der Waals surface area contributed by atoms with Gasteiger partial charge < -0.3 is 14.7 Å². The molecule has 8 nitrogen and oxygen atoms in total. The summed E-state index contributed by atoms with van der Waals surface area (Å²) in [6.07, 6.45) is 8.27. The minimum absolute atomic E-state index is 0.0168. The molecule has 1 aromatic heterocycles. The van der Waals surface area contributed by atoms with E-state index in [9.17, 15) is 19.3 Å². The lowest BCUT2D eigenvalue weighted by molar-refractivity contribution is -0.385. The maximum atomic E-state index is 13.5. The minimum Gasteiger partial charge on any atom is -0.356 e. The molecule has 1 aliphatic heterocycles. The van der Waals surface area contributed by atoms with E-state index in [1.807, 2.05) is 0 Å². The standard InChI is InChI=1S/C28H31FN4O4/c29-23-9-10-24-26(16-23)37-31-28(24)20-12-14-32(15-13-20)18-22-6-3-5-21(22)17-30-27(34)11-8-19-4-1-2-7-25(19)33(35)36/h1-2,4,7-11,16,20-22H,3,5-6,12-15,17-18H2,(H,30,34)/t21-,22-/m1/s1. The highest BCUT2D eigenvalue weighted by molar-refractivity contribution is 5.92. The quantitative estimate of drug-likeness (QED) is 0.253. The number of aromatic nitrogens is 1. The van der Waals surface area contributed by atoms with Gasteiger partial charge in [0.05, 0.1) is 16.2 Å². The van der Waals surface area contributed by atoms with Crippen molar-refractivity contribution in [3.05, 3.63) is 75.7 Å². The number of carbonyl (C=O) groups excluding carboxylic acids is 1. The van der Waals surface area contributed by atoms with Crippen molar-refractivity contribution in [2.24, 2.45) is 11.8 Å². The van der Waals surface area contributed by atoms with Crippen LogP contribution < -0.4 is 5.32 Å². The van der Waals surface area contributed by atoms with Crippen molar-refractivity contribution >= 4 is 28.6 Å². The fourth-order valence-corrected chi connectivity index (χ4v) is 5.82. The van der Waals surface area contributed by atoms with E-state index in [2.05, 4.69) is 15.4 Å². The highest BCUT2D eigenvalue weighted by atomic mass is 19.1. The second-order valence-electron chi connectivity index (χ2n) is 10.1. The summed E-state index contributed by atoms with van der Waals surface area (Å²) in [4.78, 5) is 25.6. The summed E-state index contributed by atoms with van der Waals surface area (Å²) in [5.41, 5.74) is 1.84. The molecule has 2 atom stereocenters. The van der Waals surface area contributed by atoms with Gasteiger partial charge in [0.15, 0.2) is 5.58 Å². The Labute approximate surface area is 214 Å². The van der Waals surface area contributed by atoms with Gasteiger partial charge in [-0.05, 0) is 74.9 Å². The van der Waals surface area contributed by atoms with Crippen LogP contribution in [0.3, 0.4) is 0 Å². The molecule has 2 fully saturated rings. The lowest BCUT2D eigenvalue weighted by atomic mass is 9.89. The van der Waals surface area contributed by atoms with Gasteiger partial charge >= 0.3 is 0 Å². The van der Waals surface area contributed by atoms with E-state index in [0.29, 0.717) is 35.4 Å². The van der Waals surface area contributed by atoms with E-state index < -0.39 is 4.92 Å². The van der Waals surface area contributed by atoms with Crippen LogP contribution in [0.4, 0.5) is 10.1 Å². The smallest absolute Gasteiger partial charge is 0.276 e. The number of fused-ring (bicyclic) bond motifs is 1. The summed E-state index contributed by atoms with van der Waals surface area (Å²) in [6.45, 7) is 3.59. The van der Waals surface area contributed by atoms with Gasteiger partial charge in [-0.2, -0.15) is 0 Å². The molecule has 1 aliphatic carbocycles. The van der Waals surface area contributed by atoms with Crippen molar-refractivity contribution < 1.29 is 18.6 Å². The predicted octanol–water partition coefficient (Wildman–Crippen LogP) is 5.30. The number of hydrogen-bond donors (Lipinski definition) is 1. The average Bonchev–Trinajstić information content (AvgIpc) is 3.53. The van der Waals surface area contributed by atoms with Crippen LogP contribution in [0.5, 0.6) is 0 Å². The van der Waals surface area contributed by atoms with Crippen LogP contribution in [0.2, 0.25) is 0 Å². The number of rotatable bonds is 8. The van der Waals surface area contributed by atoms with Crippen LogP contribution in [0, 0.1) is 27.8 Å². The third kappa shape index (κ3) is 5.88. The molecule has 1 N–H and O–H groups in total. The number of likely N-dealkylation sites (tertiary alicyclic amines) is 1. The van der Waals surface area contributed by atoms with Crippen LogP contribution in [0.25, 0.3) is 17.0 Å². The zero-order valence-electron chi connectivity index (χ0n) is 20.6. The number of amides is 1. The Hall–Kier alpha value is -3.59. The molecule has 1 saturated carbocycles. The van der Waals surface area contributed by atoms with Gasteiger partial charge in [0, 0.05) is 42.6 Å². The highest BCUT2D eigenvalue weighted by Crippen LogP contribution is 2.36. The van der Waals surface area contributed by atoms with Crippen LogP contribution in [0.1, 0.15) is 49.3 Å². The van der Waals surface area contributed by atoms with E-state index in [4.69, 9.17) is 4.52 Å². The maximum absolute atomic E-state index is 13.5. The number of nitro benzene ring substituents is 1. The number of halogens is 1. The number of para-hydroxylation sites is 1. The zero-order valence-corrected chi connectivity index (χ0v) is 20.6. The lowest BCUT2D eigenvalue weighted by Crippen LogP contribution is -2.39. The number of carbonyl (C=O) groups is 1. The molecule has 2 aromatic carbocycles. The first-order chi connectivity index (χ1) is 18.0. The fraction of sp³-hybridized carbons (Fsp3) is 0.429. The molecule has 37 heavy (non-hydrogen) atoms. The molecule has 0 radical (unpaired) electrons. The van der Waals surface area contributed by atoms with Crippen molar-refractivity contribution in [1.29, 1.82) is 0 Å². The lowest BCUT2D eigenvalue weighted by Gasteiger charge is -2.34. The normalized spacial score (nSPS) is 21.1. The topological polar surface area (TPSA) is 102 Å². The molecule has 2 heterocycles.